The predicted octanol–water partition coefficient (Wildman–Crippen LogP) is 3.65. The molecule has 156 valence electrons. The molecular weight excluding hydrogens is 380 g/mol. The molecule has 1 fully saturated rings. The average molecular weight is 406 g/mol. The molecule has 7 nitrogen and oxygen atoms in total. The van der Waals surface area contributed by atoms with Crippen LogP contribution >= 0.6 is 0 Å². The Labute approximate surface area is 176 Å². The number of pyridine rings is 1. The van der Waals surface area contributed by atoms with Gasteiger partial charge in [0.05, 0.1) is 5.41 Å². The van der Waals surface area contributed by atoms with Crippen LogP contribution in [-0.4, -0.2) is 52.7 Å². The van der Waals surface area contributed by atoms with E-state index < -0.39 is 5.41 Å². The summed E-state index contributed by atoms with van der Waals surface area (Å²) in [4.78, 5) is 23.9. The van der Waals surface area contributed by atoms with Gasteiger partial charge in [-0.3, -0.25) is 9.78 Å². The Kier molecular flexibility index (Phi) is 5.90. The molecule has 1 saturated heterocycles. The minimum absolute atomic E-state index is 0.0399. The summed E-state index contributed by atoms with van der Waals surface area (Å²) in [6, 6.07) is 11.4. The largest absolute Gasteiger partial charge is 0.385 e. The molecule has 0 saturated carbocycles. The van der Waals surface area contributed by atoms with E-state index in [4.69, 9.17) is 14.2 Å². The Morgan fingerprint density at radius 3 is 2.87 bits per heavy atom. The Bertz CT molecular complexity index is 1000. The van der Waals surface area contributed by atoms with Crippen LogP contribution in [0.25, 0.3) is 11.5 Å². The summed E-state index contributed by atoms with van der Waals surface area (Å²) in [6.45, 7) is 3.82. The Morgan fingerprint density at radius 2 is 2.10 bits per heavy atom. The number of amides is 1. The fourth-order valence-electron chi connectivity index (χ4n) is 4.11. The maximum atomic E-state index is 13.2. The van der Waals surface area contributed by atoms with Gasteiger partial charge in [0.2, 0.25) is 0 Å². The van der Waals surface area contributed by atoms with Crippen LogP contribution in [-0.2, 0) is 10.2 Å². The lowest BCUT2D eigenvalue weighted by Crippen LogP contribution is -2.49. The van der Waals surface area contributed by atoms with E-state index in [0.717, 1.165) is 36.9 Å². The SMILES string of the molecule is COCCC1(c2noc(-c3ccncc3)n2)CCCN(C(=O)c2cccc(C)c2)C1. The summed E-state index contributed by atoms with van der Waals surface area (Å²) in [6.07, 6.45) is 5.87. The first-order chi connectivity index (χ1) is 14.6. The van der Waals surface area contributed by atoms with E-state index in [1.807, 2.05) is 48.2 Å². The third kappa shape index (κ3) is 4.11. The summed E-state index contributed by atoms with van der Waals surface area (Å²) in [5, 5.41) is 4.32. The number of rotatable bonds is 6. The van der Waals surface area contributed by atoms with Gasteiger partial charge in [0.1, 0.15) is 0 Å². The number of aryl methyl sites for hydroxylation is 1. The lowest BCUT2D eigenvalue weighted by Gasteiger charge is -2.41. The molecule has 0 bridgehead atoms. The quantitative estimate of drug-likeness (QED) is 0.622. The van der Waals surface area contributed by atoms with E-state index in [1.54, 1.807) is 19.5 Å². The number of piperidine rings is 1. The third-order valence-corrected chi connectivity index (χ3v) is 5.74. The topological polar surface area (TPSA) is 81.3 Å². The van der Waals surface area contributed by atoms with Crippen LogP contribution in [0, 0.1) is 6.92 Å². The van der Waals surface area contributed by atoms with Crippen molar-refractivity contribution in [3.63, 3.8) is 0 Å². The standard InChI is InChI=1S/C23H26N4O3/c1-17-5-3-6-19(15-17)21(28)27-13-4-9-23(16-27,10-14-29-2)22-25-20(30-26-22)18-7-11-24-12-8-18/h3,5-8,11-12,15H,4,9-10,13-14,16H2,1-2H3. The van der Waals surface area contributed by atoms with E-state index in [0.29, 0.717) is 30.4 Å². The number of likely N-dealkylation sites (tertiary alicyclic amines) is 1. The first-order valence-electron chi connectivity index (χ1n) is 10.2. The second kappa shape index (κ2) is 8.75. The first-order valence-corrected chi connectivity index (χ1v) is 10.2. The van der Waals surface area contributed by atoms with Crippen molar-refractivity contribution in [1.29, 1.82) is 0 Å². The lowest BCUT2D eigenvalue weighted by atomic mass is 9.76. The van der Waals surface area contributed by atoms with Crippen LogP contribution in [0.15, 0.2) is 53.3 Å². The van der Waals surface area contributed by atoms with Gasteiger partial charge < -0.3 is 14.2 Å². The smallest absolute Gasteiger partial charge is 0.258 e. The molecule has 1 amide bonds. The molecular formula is C23H26N4O3. The molecule has 1 atom stereocenters. The van der Waals surface area contributed by atoms with Gasteiger partial charge in [0.25, 0.3) is 11.8 Å². The maximum absolute atomic E-state index is 13.2. The van der Waals surface area contributed by atoms with Crippen LogP contribution in [0.3, 0.4) is 0 Å². The molecule has 0 radical (unpaired) electrons. The molecule has 7 heteroatoms. The van der Waals surface area contributed by atoms with Crippen molar-refractivity contribution in [3.05, 3.63) is 65.7 Å². The summed E-state index contributed by atoms with van der Waals surface area (Å²) in [5.74, 6) is 1.14. The summed E-state index contributed by atoms with van der Waals surface area (Å²) in [5.41, 5.74) is 2.21. The molecule has 0 aliphatic carbocycles. The van der Waals surface area contributed by atoms with Crippen LogP contribution in [0.2, 0.25) is 0 Å². The van der Waals surface area contributed by atoms with Gasteiger partial charge in [-0.25, -0.2) is 0 Å². The molecule has 30 heavy (non-hydrogen) atoms. The van der Waals surface area contributed by atoms with Gasteiger partial charge in [-0.15, -0.1) is 0 Å². The van der Waals surface area contributed by atoms with E-state index >= 15 is 0 Å². The summed E-state index contributed by atoms with van der Waals surface area (Å²) in [7, 11) is 1.69. The molecule has 1 unspecified atom stereocenters. The van der Waals surface area contributed by atoms with E-state index in [9.17, 15) is 4.79 Å². The molecule has 1 aromatic carbocycles. The minimum Gasteiger partial charge on any atom is -0.385 e. The highest BCUT2D eigenvalue weighted by Gasteiger charge is 2.42. The van der Waals surface area contributed by atoms with Crippen LogP contribution in [0.5, 0.6) is 0 Å². The molecule has 4 rings (SSSR count). The first kappa shape index (κ1) is 20.2. The average Bonchev–Trinajstić information content (AvgIpc) is 3.29. The van der Waals surface area contributed by atoms with E-state index in [2.05, 4.69) is 10.1 Å². The third-order valence-electron chi connectivity index (χ3n) is 5.74. The highest BCUT2D eigenvalue weighted by atomic mass is 16.5. The Balaban J connectivity index is 1.63. The zero-order valence-corrected chi connectivity index (χ0v) is 17.4. The molecule has 1 aliphatic rings. The Hall–Kier alpha value is -3.06. The zero-order chi connectivity index (χ0) is 21.0. The van der Waals surface area contributed by atoms with Crippen molar-refractivity contribution < 1.29 is 14.1 Å². The second-order valence-electron chi connectivity index (χ2n) is 7.88. The van der Waals surface area contributed by atoms with Crippen molar-refractivity contribution >= 4 is 5.91 Å². The van der Waals surface area contributed by atoms with Gasteiger partial charge in [-0.05, 0) is 50.5 Å². The summed E-state index contributed by atoms with van der Waals surface area (Å²) < 4.78 is 11.0. The molecule has 0 spiro atoms. The fourth-order valence-corrected chi connectivity index (χ4v) is 4.11. The Morgan fingerprint density at radius 1 is 1.27 bits per heavy atom. The lowest BCUT2D eigenvalue weighted by molar-refractivity contribution is 0.0567. The zero-order valence-electron chi connectivity index (χ0n) is 17.4. The number of nitrogens with zero attached hydrogens (tertiary/aromatic N) is 4. The number of carbonyl (C=O) groups excluding carboxylic acids is 1. The van der Waals surface area contributed by atoms with E-state index in [1.165, 1.54) is 0 Å². The number of ether oxygens (including phenoxy) is 1. The fraction of sp³-hybridized carbons (Fsp3) is 0.391. The number of hydrogen-bond acceptors (Lipinski definition) is 6. The van der Waals surface area contributed by atoms with Crippen molar-refractivity contribution in [2.45, 2.75) is 31.6 Å². The normalized spacial score (nSPS) is 19.1. The van der Waals surface area contributed by atoms with Gasteiger partial charge in [0, 0.05) is 50.3 Å². The molecule has 3 heterocycles. The number of aromatic nitrogens is 3. The van der Waals surface area contributed by atoms with Gasteiger partial charge in [0.15, 0.2) is 5.82 Å². The van der Waals surface area contributed by atoms with Gasteiger partial charge in [-0.1, -0.05) is 22.9 Å². The second-order valence-corrected chi connectivity index (χ2v) is 7.88. The highest BCUT2D eigenvalue weighted by Crippen LogP contribution is 2.37. The number of methoxy groups -OCH3 is 1. The maximum Gasteiger partial charge on any atom is 0.258 e. The van der Waals surface area contributed by atoms with Crippen molar-refractivity contribution in [1.82, 2.24) is 20.0 Å². The van der Waals surface area contributed by atoms with Crippen LogP contribution < -0.4 is 0 Å². The predicted molar refractivity (Wildman–Crippen MR) is 112 cm³/mol. The molecule has 3 aromatic rings. The highest BCUT2D eigenvalue weighted by molar-refractivity contribution is 5.94. The number of carbonyl (C=O) groups is 1. The van der Waals surface area contributed by atoms with Crippen LogP contribution in [0.1, 0.15) is 41.0 Å². The monoisotopic (exact) mass is 406 g/mol. The van der Waals surface area contributed by atoms with Gasteiger partial charge >= 0.3 is 0 Å². The minimum atomic E-state index is -0.400. The molecule has 0 N–H and O–H groups in total. The number of benzene rings is 1. The van der Waals surface area contributed by atoms with Crippen LogP contribution in [0.4, 0.5) is 0 Å². The van der Waals surface area contributed by atoms with Crippen molar-refractivity contribution in [2.24, 2.45) is 0 Å². The van der Waals surface area contributed by atoms with Crippen molar-refractivity contribution in [3.8, 4) is 11.5 Å². The molecule has 2 aromatic heterocycles. The molecule has 1 aliphatic heterocycles. The number of hydrogen-bond donors (Lipinski definition) is 0. The van der Waals surface area contributed by atoms with Gasteiger partial charge in [-0.2, -0.15) is 4.98 Å². The summed E-state index contributed by atoms with van der Waals surface area (Å²) >= 11 is 0. The van der Waals surface area contributed by atoms with Crippen molar-refractivity contribution in [2.75, 3.05) is 26.8 Å². The van der Waals surface area contributed by atoms with E-state index in [-0.39, 0.29) is 5.91 Å².